The molecule has 1 unspecified atom stereocenters. The number of ether oxygens (including phenoxy) is 1. The highest BCUT2D eigenvalue weighted by atomic mass is 28.4. The van der Waals surface area contributed by atoms with Gasteiger partial charge < -0.3 is 14.9 Å². The Kier molecular flexibility index (Phi) is 4.68. The molecule has 0 spiro atoms. The first-order valence-electron chi connectivity index (χ1n) is 6.73. The molecule has 0 saturated carbocycles. The van der Waals surface area contributed by atoms with Crippen LogP contribution in [0.25, 0.3) is 0 Å². The maximum Gasteiger partial charge on any atom is 0.194 e. The zero-order valence-electron chi connectivity index (χ0n) is 13.5. The van der Waals surface area contributed by atoms with Gasteiger partial charge in [0.15, 0.2) is 8.32 Å². The van der Waals surface area contributed by atoms with Gasteiger partial charge in [0.25, 0.3) is 0 Å². The van der Waals surface area contributed by atoms with Crippen molar-refractivity contribution in [3.63, 3.8) is 0 Å². The number of benzene rings is 1. The molecular weight excluding hydrogens is 273 g/mol. The van der Waals surface area contributed by atoms with E-state index in [1.807, 2.05) is 0 Å². The monoisotopic (exact) mass is 299 g/mol. The molecular formula is C15H26FNO2Si. The average molecular weight is 299 g/mol. The predicted octanol–water partition coefficient (Wildman–Crippen LogP) is 3.99. The standard InChI is InChI=1S/C15H26FNO2Si/c1-14(2,3)20(6,7)19-15(4,17)11-8-12(16)10-13(9-11)18-5/h8-10H,17H2,1-7H3. The number of hydrogen-bond acceptors (Lipinski definition) is 3. The van der Waals surface area contributed by atoms with Gasteiger partial charge in [0.2, 0.25) is 0 Å². The van der Waals surface area contributed by atoms with Gasteiger partial charge in [-0.1, -0.05) is 20.8 Å². The summed E-state index contributed by atoms with van der Waals surface area (Å²) in [6.45, 7) is 12.4. The summed E-state index contributed by atoms with van der Waals surface area (Å²) in [7, 11) is -0.555. The third kappa shape index (κ3) is 3.81. The minimum Gasteiger partial charge on any atom is -0.497 e. The molecule has 0 aliphatic heterocycles. The number of hydrogen-bond donors (Lipinski definition) is 1. The minimum absolute atomic E-state index is 0.0328. The van der Waals surface area contributed by atoms with E-state index in [1.165, 1.54) is 19.2 Å². The zero-order valence-corrected chi connectivity index (χ0v) is 14.5. The first kappa shape index (κ1) is 17.1. The van der Waals surface area contributed by atoms with Crippen molar-refractivity contribution in [2.45, 2.75) is 51.6 Å². The lowest BCUT2D eigenvalue weighted by Crippen LogP contribution is -2.51. The van der Waals surface area contributed by atoms with Gasteiger partial charge in [0, 0.05) is 11.6 Å². The number of halogens is 1. The average Bonchev–Trinajstić information content (AvgIpc) is 2.25. The molecule has 0 fully saturated rings. The smallest absolute Gasteiger partial charge is 0.194 e. The van der Waals surface area contributed by atoms with Crippen molar-refractivity contribution in [1.29, 1.82) is 0 Å². The largest absolute Gasteiger partial charge is 0.497 e. The van der Waals surface area contributed by atoms with Crippen molar-refractivity contribution in [3.8, 4) is 5.75 Å². The molecule has 0 saturated heterocycles. The minimum atomic E-state index is -2.06. The quantitative estimate of drug-likeness (QED) is 0.675. The van der Waals surface area contributed by atoms with Gasteiger partial charge in [-0.25, -0.2) is 4.39 Å². The summed E-state index contributed by atoms with van der Waals surface area (Å²) in [5, 5.41) is 0.0328. The first-order chi connectivity index (χ1) is 8.89. The summed E-state index contributed by atoms with van der Waals surface area (Å²) in [4.78, 5) is 0. The zero-order chi connectivity index (χ0) is 15.8. The van der Waals surface area contributed by atoms with Gasteiger partial charge in [0.1, 0.15) is 17.3 Å². The van der Waals surface area contributed by atoms with Crippen molar-refractivity contribution in [2.24, 2.45) is 5.73 Å². The molecule has 0 bridgehead atoms. The van der Waals surface area contributed by atoms with Crippen LogP contribution in [0.3, 0.4) is 0 Å². The molecule has 20 heavy (non-hydrogen) atoms. The van der Waals surface area contributed by atoms with E-state index in [1.54, 1.807) is 13.0 Å². The molecule has 0 amide bonds. The lowest BCUT2D eigenvalue weighted by Gasteiger charge is -2.42. The van der Waals surface area contributed by atoms with Gasteiger partial charge in [-0.2, -0.15) is 0 Å². The summed E-state index contributed by atoms with van der Waals surface area (Å²) in [5.41, 5.74) is 5.84. The lowest BCUT2D eigenvalue weighted by molar-refractivity contribution is 0.0762. The third-order valence-corrected chi connectivity index (χ3v) is 8.50. The van der Waals surface area contributed by atoms with E-state index >= 15 is 0 Å². The second-order valence-corrected chi connectivity index (χ2v) is 11.6. The van der Waals surface area contributed by atoms with Crippen LogP contribution in [0.4, 0.5) is 4.39 Å². The third-order valence-electron chi connectivity index (χ3n) is 3.95. The van der Waals surface area contributed by atoms with Crippen LogP contribution >= 0.6 is 0 Å². The second kappa shape index (κ2) is 5.46. The summed E-state index contributed by atoms with van der Waals surface area (Å²) in [6.07, 6.45) is 0. The Bertz CT molecular complexity index is 481. The van der Waals surface area contributed by atoms with E-state index in [0.29, 0.717) is 11.3 Å². The molecule has 5 heteroatoms. The van der Waals surface area contributed by atoms with Gasteiger partial charge in [0.05, 0.1) is 7.11 Å². The van der Waals surface area contributed by atoms with Crippen LogP contribution in [0.2, 0.25) is 18.1 Å². The van der Waals surface area contributed by atoms with E-state index in [2.05, 4.69) is 33.9 Å². The Balaban J connectivity index is 3.14. The number of methoxy groups -OCH3 is 1. The van der Waals surface area contributed by atoms with E-state index in [9.17, 15) is 4.39 Å². The molecule has 0 aliphatic rings. The Hall–Kier alpha value is -0.913. The fraction of sp³-hybridized carbons (Fsp3) is 0.600. The van der Waals surface area contributed by atoms with Crippen molar-refractivity contribution in [2.75, 3.05) is 7.11 Å². The molecule has 114 valence electrons. The molecule has 0 aliphatic carbocycles. The molecule has 1 atom stereocenters. The second-order valence-electron chi connectivity index (χ2n) is 6.85. The van der Waals surface area contributed by atoms with Crippen LogP contribution in [0, 0.1) is 5.82 Å². The highest BCUT2D eigenvalue weighted by Crippen LogP contribution is 2.40. The highest BCUT2D eigenvalue weighted by molar-refractivity contribution is 6.74. The molecule has 0 heterocycles. The molecule has 1 rings (SSSR count). The molecule has 2 N–H and O–H groups in total. The lowest BCUT2D eigenvalue weighted by atomic mass is 10.1. The maximum atomic E-state index is 13.6. The molecule has 3 nitrogen and oxygen atoms in total. The molecule has 0 radical (unpaired) electrons. The maximum absolute atomic E-state index is 13.6. The summed E-state index contributed by atoms with van der Waals surface area (Å²) in [6, 6.07) is 4.44. The van der Waals surface area contributed by atoms with Gasteiger partial charge in [-0.3, -0.25) is 0 Å². The van der Waals surface area contributed by atoms with Crippen molar-refractivity contribution < 1.29 is 13.6 Å². The van der Waals surface area contributed by atoms with Crippen LogP contribution in [0.1, 0.15) is 33.3 Å². The fourth-order valence-electron chi connectivity index (χ4n) is 1.71. The normalized spacial score (nSPS) is 15.8. The molecule has 1 aromatic carbocycles. The number of nitrogens with two attached hydrogens (primary N) is 1. The Morgan fingerprint density at radius 1 is 1.10 bits per heavy atom. The SMILES string of the molecule is COc1cc(F)cc(C(C)(N)O[Si](C)(C)C(C)(C)C)c1. The van der Waals surface area contributed by atoms with E-state index < -0.39 is 14.0 Å². The predicted molar refractivity (Wildman–Crippen MR) is 82.8 cm³/mol. The van der Waals surface area contributed by atoms with Crippen molar-refractivity contribution >= 4 is 8.32 Å². The summed E-state index contributed by atoms with van der Waals surface area (Å²) in [5.74, 6) is 0.0605. The van der Waals surface area contributed by atoms with E-state index in [4.69, 9.17) is 14.9 Å². The van der Waals surface area contributed by atoms with Crippen LogP contribution in [-0.4, -0.2) is 15.4 Å². The Morgan fingerprint density at radius 2 is 1.65 bits per heavy atom. The van der Waals surface area contributed by atoms with Crippen LogP contribution in [-0.2, 0) is 10.2 Å². The van der Waals surface area contributed by atoms with Crippen LogP contribution in [0.15, 0.2) is 18.2 Å². The van der Waals surface area contributed by atoms with Gasteiger partial charge >= 0.3 is 0 Å². The molecule has 0 aromatic heterocycles. The molecule has 1 aromatic rings. The first-order valence-corrected chi connectivity index (χ1v) is 9.64. The Morgan fingerprint density at radius 3 is 2.10 bits per heavy atom. The Labute approximate surface area is 122 Å². The van der Waals surface area contributed by atoms with Crippen LogP contribution < -0.4 is 10.5 Å². The highest BCUT2D eigenvalue weighted by Gasteiger charge is 2.42. The number of rotatable bonds is 4. The van der Waals surface area contributed by atoms with Crippen molar-refractivity contribution in [1.82, 2.24) is 0 Å². The van der Waals surface area contributed by atoms with E-state index in [-0.39, 0.29) is 10.9 Å². The van der Waals surface area contributed by atoms with E-state index in [0.717, 1.165) is 0 Å². The van der Waals surface area contributed by atoms with Crippen molar-refractivity contribution in [3.05, 3.63) is 29.6 Å². The summed E-state index contributed by atoms with van der Waals surface area (Å²) < 4.78 is 24.9. The van der Waals surface area contributed by atoms with Crippen LogP contribution in [0.5, 0.6) is 5.75 Å². The van der Waals surface area contributed by atoms with Gasteiger partial charge in [-0.15, -0.1) is 0 Å². The van der Waals surface area contributed by atoms with Gasteiger partial charge in [-0.05, 0) is 37.2 Å². The topological polar surface area (TPSA) is 44.5 Å². The summed E-state index contributed by atoms with van der Waals surface area (Å²) >= 11 is 0. The fourth-order valence-corrected chi connectivity index (χ4v) is 3.19.